The van der Waals surface area contributed by atoms with E-state index in [-0.39, 0.29) is 36.9 Å². The molecule has 1 fully saturated rings. The number of halogens is 6. The van der Waals surface area contributed by atoms with Crippen molar-refractivity contribution in [2.45, 2.75) is 43.1 Å². The Morgan fingerprint density at radius 2 is 1.68 bits per heavy atom. The molecule has 3 aromatic rings. The summed E-state index contributed by atoms with van der Waals surface area (Å²) in [7, 11) is 1.56. The second kappa shape index (κ2) is 16.3. The lowest BCUT2D eigenvalue weighted by Crippen LogP contribution is -2.46. The molecule has 1 aliphatic heterocycles. The third-order valence-electron chi connectivity index (χ3n) is 7.26. The van der Waals surface area contributed by atoms with Crippen LogP contribution in [0.4, 0.5) is 36.8 Å². The minimum atomic E-state index is -4.58. The second-order valence-electron chi connectivity index (χ2n) is 10.5. The first kappa shape index (κ1) is 35.2. The fourth-order valence-electron chi connectivity index (χ4n) is 4.96. The van der Waals surface area contributed by atoms with Crippen LogP contribution in [0.3, 0.4) is 0 Å². The Labute approximate surface area is 266 Å². The smallest absolute Gasteiger partial charge is 0.374 e. The topological polar surface area (TPSA) is 114 Å². The highest BCUT2D eigenvalue weighted by atomic mass is 19.4. The minimum absolute atomic E-state index is 0.0611. The quantitative estimate of drug-likeness (QED) is 0.188. The van der Waals surface area contributed by atoms with E-state index in [1.54, 1.807) is 7.05 Å². The number of benzene rings is 2. The molecule has 2 aromatic carbocycles. The summed E-state index contributed by atoms with van der Waals surface area (Å²) in [5.74, 6) is -0.245. The number of alkyl halides is 3. The Balaban J connectivity index is 1.38. The lowest BCUT2D eigenvalue weighted by Gasteiger charge is -2.28. The maximum atomic E-state index is 15.0. The highest BCUT2D eigenvalue weighted by Crippen LogP contribution is 2.30. The SMILES string of the molecule is CN[C@H](C(=O)Nc1cncc(F)c1CC[C@@H]1CNC(C#COC(=O)NCC(F)(F)F)CO1)C(c1ccc(F)cc1)c1ccc(F)cc1. The number of alkyl carbamates (subject to hydrolysis) is 1. The second-order valence-corrected chi connectivity index (χ2v) is 10.5. The molecule has 250 valence electrons. The number of pyridine rings is 1. The summed E-state index contributed by atoms with van der Waals surface area (Å²) >= 11 is 0. The van der Waals surface area contributed by atoms with Gasteiger partial charge < -0.3 is 25.4 Å². The van der Waals surface area contributed by atoms with Gasteiger partial charge in [-0.1, -0.05) is 24.3 Å². The molecule has 0 radical (unpaired) electrons. The van der Waals surface area contributed by atoms with Gasteiger partial charge in [0.15, 0.2) is 0 Å². The highest BCUT2D eigenvalue weighted by molar-refractivity contribution is 5.96. The molecule has 47 heavy (non-hydrogen) atoms. The van der Waals surface area contributed by atoms with Crippen LogP contribution in [0.5, 0.6) is 0 Å². The molecule has 0 saturated carbocycles. The third kappa shape index (κ3) is 10.4. The number of rotatable bonds is 10. The predicted molar refractivity (Wildman–Crippen MR) is 158 cm³/mol. The van der Waals surface area contributed by atoms with Crippen molar-refractivity contribution < 1.29 is 45.4 Å². The first-order valence-corrected chi connectivity index (χ1v) is 14.4. The van der Waals surface area contributed by atoms with Crippen LogP contribution in [0.25, 0.3) is 0 Å². The van der Waals surface area contributed by atoms with Crippen LogP contribution in [0.1, 0.15) is 29.0 Å². The first-order chi connectivity index (χ1) is 22.4. The molecule has 2 heterocycles. The number of likely N-dealkylation sites (N-methyl/N-ethyl adjacent to an activating group) is 1. The number of anilines is 1. The van der Waals surface area contributed by atoms with E-state index >= 15 is 4.39 Å². The lowest BCUT2D eigenvalue weighted by atomic mass is 9.84. The van der Waals surface area contributed by atoms with E-state index in [4.69, 9.17) is 4.74 Å². The third-order valence-corrected chi connectivity index (χ3v) is 7.26. The molecule has 4 rings (SSSR count). The summed E-state index contributed by atoms with van der Waals surface area (Å²) in [5, 5.41) is 10.3. The van der Waals surface area contributed by atoms with Gasteiger partial charge in [-0.15, -0.1) is 0 Å². The molecule has 9 nitrogen and oxygen atoms in total. The summed E-state index contributed by atoms with van der Waals surface area (Å²) in [6, 6.07) is 9.68. The zero-order valence-electron chi connectivity index (χ0n) is 25.0. The number of morpholine rings is 1. The molecule has 1 unspecified atom stereocenters. The molecule has 2 amide bonds. The van der Waals surface area contributed by atoms with Crippen molar-refractivity contribution >= 4 is 17.7 Å². The van der Waals surface area contributed by atoms with Gasteiger partial charge in [0.25, 0.3) is 0 Å². The molecule has 1 saturated heterocycles. The molecule has 0 bridgehead atoms. The Morgan fingerprint density at radius 3 is 2.23 bits per heavy atom. The zero-order valence-corrected chi connectivity index (χ0v) is 25.0. The van der Waals surface area contributed by atoms with Gasteiger partial charge in [-0.25, -0.2) is 18.0 Å². The molecule has 1 aliphatic rings. The Kier molecular flexibility index (Phi) is 12.2. The van der Waals surface area contributed by atoms with Crippen LogP contribution >= 0.6 is 0 Å². The van der Waals surface area contributed by atoms with Gasteiger partial charge in [0.1, 0.15) is 30.1 Å². The molecule has 3 atom stereocenters. The normalized spacial score (nSPS) is 16.9. The van der Waals surface area contributed by atoms with E-state index in [0.29, 0.717) is 17.5 Å². The van der Waals surface area contributed by atoms with Crippen LogP contribution in [-0.2, 0) is 20.7 Å². The number of nitrogens with one attached hydrogen (secondary N) is 4. The number of carbonyl (C=O) groups is 2. The number of ether oxygens (including phenoxy) is 2. The van der Waals surface area contributed by atoms with Crippen LogP contribution in [0.2, 0.25) is 0 Å². The lowest BCUT2D eigenvalue weighted by molar-refractivity contribution is -0.123. The van der Waals surface area contributed by atoms with Crippen molar-refractivity contribution in [1.82, 2.24) is 20.9 Å². The van der Waals surface area contributed by atoms with Crippen LogP contribution in [-0.4, -0.2) is 68.1 Å². The number of carbonyl (C=O) groups excluding carboxylic acids is 2. The van der Waals surface area contributed by atoms with Crippen molar-refractivity contribution in [1.29, 1.82) is 0 Å². The number of amides is 2. The van der Waals surface area contributed by atoms with Gasteiger partial charge in [-0.3, -0.25) is 15.1 Å². The van der Waals surface area contributed by atoms with Gasteiger partial charge in [-0.05, 0) is 61.2 Å². The first-order valence-electron chi connectivity index (χ1n) is 14.4. The summed E-state index contributed by atoms with van der Waals surface area (Å²) in [4.78, 5) is 28.8. The molecule has 0 aliphatic carbocycles. The van der Waals surface area contributed by atoms with Gasteiger partial charge >= 0.3 is 12.3 Å². The fraction of sp³-hybridized carbons (Fsp3) is 0.344. The molecule has 4 N–H and O–H groups in total. The number of nitrogens with zero attached hydrogens (tertiary/aromatic N) is 1. The Bertz CT molecular complexity index is 1520. The van der Waals surface area contributed by atoms with Crippen LogP contribution in [0.15, 0.2) is 60.9 Å². The maximum Gasteiger partial charge on any atom is 0.421 e. The van der Waals surface area contributed by atoms with Crippen molar-refractivity contribution in [3.05, 3.63) is 95.1 Å². The van der Waals surface area contributed by atoms with E-state index in [0.717, 1.165) is 6.20 Å². The van der Waals surface area contributed by atoms with Gasteiger partial charge in [0, 0.05) is 18.0 Å². The zero-order chi connectivity index (χ0) is 34.0. The van der Waals surface area contributed by atoms with E-state index in [2.05, 4.69) is 31.6 Å². The number of aromatic nitrogens is 1. The summed E-state index contributed by atoms with van der Waals surface area (Å²) in [6.45, 7) is -1.20. The van der Waals surface area contributed by atoms with Gasteiger partial charge in [0.2, 0.25) is 5.91 Å². The predicted octanol–water partition coefficient (Wildman–Crippen LogP) is 4.40. The van der Waals surface area contributed by atoms with E-state index in [1.807, 2.05) is 6.11 Å². The summed E-state index contributed by atoms with van der Waals surface area (Å²) in [5.41, 5.74) is 1.51. The molecule has 15 heteroatoms. The average Bonchev–Trinajstić information content (AvgIpc) is 3.04. The molecular weight excluding hydrogens is 632 g/mol. The van der Waals surface area contributed by atoms with Gasteiger partial charge in [0.05, 0.1) is 42.9 Å². The number of hydrogen-bond donors (Lipinski definition) is 4. The Morgan fingerprint density at radius 1 is 1.04 bits per heavy atom. The summed E-state index contributed by atoms with van der Waals surface area (Å²) < 4.78 is 89.1. The average molecular weight is 664 g/mol. The molecule has 0 spiro atoms. The number of hydrogen-bond acceptors (Lipinski definition) is 7. The standard InChI is InChI=1S/C32H31F6N5O4/c1-39-29(28(19-2-6-21(33)7-3-19)20-4-8-22(34)9-5-20)30(44)43-27-16-40-15-26(35)25(27)11-10-24-14-41-23(17-47-24)12-13-46-31(45)42-18-32(36,37)38/h2-9,15-16,23-24,28-29,39,41H,10-11,14,17-18H2,1H3,(H,42,45)(H,43,44)/t23?,24-,29+/m1/s1. The monoisotopic (exact) mass is 663 g/mol. The van der Waals surface area contributed by atoms with Crippen LogP contribution in [0, 0.1) is 29.5 Å². The fourth-order valence-corrected chi connectivity index (χ4v) is 4.96. The van der Waals surface area contributed by atoms with Crippen molar-refractivity contribution in [2.75, 3.05) is 32.1 Å². The molecular formula is C32H31F6N5O4. The van der Waals surface area contributed by atoms with Crippen LogP contribution < -0.4 is 21.3 Å². The van der Waals surface area contributed by atoms with Crippen molar-refractivity contribution in [3.8, 4) is 12.0 Å². The molecule has 1 aromatic heterocycles. The van der Waals surface area contributed by atoms with Gasteiger partial charge in [-0.2, -0.15) is 13.2 Å². The van der Waals surface area contributed by atoms with E-state index in [9.17, 15) is 31.5 Å². The highest BCUT2D eigenvalue weighted by Gasteiger charge is 2.31. The largest absolute Gasteiger partial charge is 0.421 e. The van der Waals surface area contributed by atoms with E-state index in [1.165, 1.54) is 60.0 Å². The Hall–Kier alpha value is -4.65. The van der Waals surface area contributed by atoms with E-state index < -0.39 is 60.2 Å². The van der Waals surface area contributed by atoms with Crippen molar-refractivity contribution in [2.24, 2.45) is 0 Å². The summed E-state index contributed by atoms with van der Waals surface area (Å²) in [6.07, 6.45) is -1.44. The van der Waals surface area contributed by atoms with Crippen molar-refractivity contribution in [3.63, 3.8) is 0 Å². The maximum absolute atomic E-state index is 15.0. The minimum Gasteiger partial charge on any atom is -0.374 e.